The van der Waals surface area contributed by atoms with E-state index in [2.05, 4.69) is 28.2 Å². The summed E-state index contributed by atoms with van der Waals surface area (Å²) in [6.45, 7) is 2.94. The summed E-state index contributed by atoms with van der Waals surface area (Å²) in [5.74, 6) is 0. The second kappa shape index (κ2) is 7.85. The van der Waals surface area contributed by atoms with Crippen molar-refractivity contribution in [3.8, 4) is 0 Å². The molecule has 1 atom stereocenters. The Hall–Kier alpha value is -0.250. The van der Waals surface area contributed by atoms with Crippen molar-refractivity contribution < 1.29 is 0 Å². The van der Waals surface area contributed by atoms with Crippen LogP contribution in [0.25, 0.3) is 0 Å². The van der Waals surface area contributed by atoms with E-state index in [9.17, 15) is 0 Å². The average Bonchev–Trinajstić information content (AvgIpc) is 2.42. The Kier molecular flexibility index (Phi) is 6.39. The summed E-state index contributed by atoms with van der Waals surface area (Å²) >= 11 is 21.8. The summed E-state index contributed by atoms with van der Waals surface area (Å²) in [4.78, 5) is 0. The second-order valence-electron chi connectivity index (χ2n) is 4.73. The molecule has 0 heterocycles. The number of nitrogens with one attached hydrogen (secondary N) is 1. The van der Waals surface area contributed by atoms with Gasteiger partial charge in [-0.1, -0.05) is 69.8 Å². The van der Waals surface area contributed by atoms with Gasteiger partial charge < -0.3 is 5.32 Å². The van der Waals surface area contributed by atoms with Gasteiger partial charge in [0.25, 0.3) is 0 Å². The second-order valence-corrected chi connectivity index (χ2v) is 6.87. The third-order valence-corrected chi connectivity index (χ3v) is 4.77. The van der Waals surface area contributed by atoms with Crippen LogP contribution in [0.4, 0.5) is 0 Å². The monoisotopic (exact) mass is 405 g/mol. The van der Waals surface area contributed by atoms with Crippen molar-refractivity contribution >= 4 is 50.7 Å². The van der Waals surface area contributed by atoms with Gasteiger partial charge in [-0.15, -0.1) is 0 Å². The van der Waals surface area contributed by atoms with E-state index in [-0.39, 0.29) is 6.04 Å². The summed E-state index contributed by atoms with van der Waals surface area (Å²) < 4.78 is 0.973. The fourth-order valence-corrected chi connectivity index (χ4v) is 3.35. The van der Waals surface area contributed by atoms with Crippen LogP contribution in [0.3, 0.4) is 0 Å². The summed E-state index contributed by atoms with van der Waals surface area (Å²) in [6.07, 6.45) is 0.798. The normalized spacial score (nSPS) is 12.4. The lowest BCUT2D eigenvalue weighted by Gasteiger charge is -2.20. The minimum absolute atomic E-state index is 0.132. The molecule has 0 spiro atoms. The van der Waals surface area contributed by atoms with Crippen molar-refractivity contribution in [1.82, 2.24) is 5.32 Å². The molecule has 0 amide bonds. The van der Waals surface area contributed by atoms with E-state index in [1.54, 1.807) is 0 Å². The number of hydrogen-bond acceptors (Lipinski definition) is 1. The molecule has 0 aliphatic carbocycles. The Morgan fingerprint density at radius 1 is 1.00 bits per heavy atom. The van der Waals surface area contributed by atoms with Crippen LogP contribution in [-0.2, 0) is 6.42 Å². The van der Waals surface area contributed by atoms with Crippen LogP contribution in [0.15, 0.2) is 40.9 Å². The zero-order valence-electron chi connectivity index (χ0n) is 11.5. The molecule has 1 N–H and O–H groups in total. The van der Waals surface area contributed by atoms with Gasteiger partial charge in [-0.25, -0.2) is 0 Å². The average molecular weight is 408 g/mol. The first-order valence-corrected chi connectivity index (χ1v) is 8.56. The highest BCUT2D eigenvalue weighted by Crippen LogP contribution is 2.30. The predicted molar refractivity (Wildman–Crippen MR) is 95.7 cm³/mol. The van der Waals surface area contributed by atoms with Gasteiger partial charge in [0.05, 0.1) is 10.0 Å². The van der Waals surface area contributed by atoms with Crippen LogP contribution in [0.2, 0.25) is 15.1 Å². The summed E-state index contributed by atoms with van der Waals surface area (Å²) in [6, 6.07) is 11.8. The van der Waals surface area contributed by atoms with Crippen LogP contribution in [0, 0.1) is 0 Å². The lowest BCUT2D eigenvalue weighted by molar-refractivity contribution is 0.550. The van der Waals surface area contributed by atoms with Gasteiger partial charge in [0.2, 0.25) is 0 Å². The molecule has 0 bridgehead atoms. The number of hydrogen-bond donors (Lipinski definition) is 1. The molecule has 1 unspecified atom stereocenters. The smallest absolute Gasteiger partial charge is 0.0595 e. The Labute approximate surface area is 148 Å². The van der Waals surface area contributed by atoms with E-state index in [0.717, 1.165) is 33.6 Å². The van der Waals surface area contributed by atoms with Crippen LogP contribution < -0.4 is 5.32 Å². The molecule has 0 saturated carbocycles. The first-order valence-electron chi connectivity index (χ1n) is 6.63. The Morgan fingerprint density at radius 2 is 1.76 bits per heavy atom. The third kappa shape index (κ3) is 4.61. The zero-order valence-corrected chi connectivity index (χ0v) is 15.3. The van der Waals surface area contributed by atoms with E-state index in [4.69, 9.17) is 34.8 Å². The maximum absolute atomic E-state index is 6.37. The molecule has 1 nitrogen and oxygen atoms in total. The minimum atomic E-state index is 0.132. The van der Waals surface area contributed by atoms with E-state index in [1.165, 1.54) is 0 Å². The Balaban J connectivity index is 2.28. The van der Waals surface area contributed by atoms with Crippen LogP contribution in [-0.4, -0.2) is 6.54 Å². The van der Waals surface area contributed by atoms with Crippen LogP contribution in [0.5, 0.6) is 0 Å². The number of benzene rings is 2. The standard InChI is InChI=1S/C16H15BrCl3N/c1-2-21-16(12-5-4-11(17)9-14(12)19)8-10-3-6-13(18)15(20)7-10/h3-7,9,16,21H,2,8H2,1H3. The molecule has 0 aromatic heterocycles. The molecule has 21 heavy (non-hydrogen) atoms. The molecule has 0 saturated heterocycles. The quantitative estimate of drug-likeness (QED) is 0.613. The molecule has 112 valence electrons. The van der Waals surface area contributed by atoms with E-state index >= 15 is 0 Å². The van der Waals surface area contributed by atoms with Crippen LogP contribution >= 0.6 is 50.7 Å². The van der Waals surface area contributed by atoms with Gasteiger partial charge in [0.1, 0.15) is 0 Å². The maximum atomic E-state index is 6.37. The number of halogens is 4. The lowest BCUT2D eigenvalue weighted by atomic mass is 9.98. The van der Waals surface area contributed by atoms with Gasteiger partial charge in [0, 0.05) is 15.5 Å². The lowest BCUT2D eigenvalue weighted by Crippen LogP contribution is -2.23. The predicted octanol–water partition coefficient (Wildman–Crippen LogP) is 6.30. The topological polar surface area (TPSA) is 12.0 Å². The van der Waals surface area contributed by atoms with Crippen molar-refractivity contribution in [3.63, 3.8) is 0 Å². The molecule has 0 aliphatic heterocycles. The fraction of sp³-hybridized carbons (Fsp3) is 0.250. The maximum Gasteiger partial charge on any atom is 0.0595 e. The van der Waals surface area contributed by atoms with E-state index in [1.807, 2.05) is 36.4 Å². The molecular weight excluding hydrogens is 392 g/mol. The van der Waals surface area contributed by atoms with Crippen LogP contribution in [0.1, 0.15) is 24.1 Å². The molecular formula is C16H15BrCl3N. The minimum Gasteiger partial charge on any atom is -0.310 e. The SMILES string of the molecule is CCNC(Cc1ccc(Cl)c(Cl)c1)c1ccc(Br)cc1Cl. The van der Waals surface area contributed by atoms with E-state index in [0.29, 0.717) is 10.0 Å². The molecule has 0 fully saturated rings. The van der Waals surface area contributed by atoms with Crippen molar-refractivity contribution in [1.29, 1.82) is 0 Å². The molecule has 0 radical (unpaired) electrons. The van der Waals surface area contributed by atoms with Gasteiger partial charge in [-0.3, -0.25) is 0 Å². The summed E-state index contributed by atoms with van der Waals surface area (Å²) in [5, 5.41) is 5.36. The van der Waals surface area contributed by atoms with Gasteiger partial charge in [-0.05, 0) is 48.4 Å². The molecule has 2 aromatic rings. The first-order chi connectivity index (χ1) is 10.0. The summed E-state index contributed by atoms with van der Waals surface area (Å²) in [7, 11) is 0. The molecule has 2 rings (SSSR count). The molecule has 5 heteroatoms. The highest BCUT2D eigenvalue weighted by Gasteiger charge is 2.15. The highest BCUT2D eigenvalue weighted by atomic mass is 79.9. The molecule has 0 aliphatic rings. The third-order valence-electron chi connectivity index (χ3n) is 3.21. The highest BCUT2D eigenvalue weighted by molar-refractivity contribution is 9.10. The van der Waals surface area contributed by atoms with Crippen molar-refractivity contribution in [2.75, 3.05) is 6.54 Å². The van der Waals surface area contributed by atoms with Crippen molar-refractivity contribution in [2.45, 2.75) is 19.4 Å². The number of rotatable bonds is 5. The number of likely N-dealkylation sites (N-methyl/N-ethyl adjacent to an activating group) is 1. The zero-order chi connectivity index (χ0) is 15.4. The van der Waals surface area contributed by atoms with Gasteiger partial charge in [-0.2, -0.15) is 0 Å². The largest absolute Gasteiger partial charge is 0.310 e. The first kappa shape index (κ1) is 17.1. The Bertz CT molecular complexity index is 631. The van der Waals surface area contributed by atoms with Crippen molar-refractivity contribution in [2.24, 2.45) is 0 Å². The fourth-order valence-electron chi connectivity index (χ4n) is 2.22. The van der Waals surface area contributed by atoms with Gasteiger partial charge in [0.15, 0.2) is 0 Å². The molecule has 2 aromatic carbocycles. The van der Waals surface area contributed by atoms with Crippen molar-refractivity contribution in [3.05, 3.63) is 67.1 Å². The Morgan fingerprint density at radius 3 is 2.38 bits per heavy atom. The van der Waals surface area contributed by atoms with E-state index < -0.39 is 0 Å². The summed E-state index contributed by atoms with van der Waals surface area (Å²) in [5.41, 5.74) is 2.20. The van der Waals surface area contributed by atoms with Gasteiger partial charge >= 0.3 is 0 Å².